The number of alkyl halides is 1. The van der Waals surface area contributed by atoms with Gasteiger partial charge in [-0.25, -0.2) is 4.39 Å². The molecule has 0 aromatic heterocycles. The Morgan fingerprint density at radius 2 is 2.00 bits per heavy atom. The summed E-state index contributed by atoms with van der Waals surface area (Å²) in [5.41, 5.74) is 0. The molecule has 1 aliphatic rings. The minimum atomic E-state index is -1.69. The van der Waals surface area contributed by atoms with Gasteiger partial charge in [0.05, 0.1) is 6.61 Å². The number of hydrogen-bond acceptors (Lipinski definition) is 4. The zero-order valence-corrected chi connectivity index (χ0v) is 5.14. The van der Waals surface area contributed by atoms with Gasteiger partial charge in [0.25, 0.3) is 0 Å². The van der Waals surface area contributed by atoms with Crippen LogP contribution in [-0.4, -0.2) is 46.6 Å². The smallest absolute Gasteiger partial charge is 0.184 e. The fourth-order valence-electron chi connectivity index (χ4n) is 0.856. The molecule has 0 aliphatic carbocycles. The first-order valence-electron chi connectivity index (χ1n) is 2.93. The third kappa shape index (κ3) is 1.13. The lowest BCUT2D eigenvalue weighted by molar-refractivity contribution is -0.132. The van der Waals surface area contributed by atoms with Crippen LogP contribution in [0.3, 0.4) is 0 Å². The van der Waals surface area contributed by atoms with Crippen LogP contribution < -0.4 is 0 Å². The lowest BCUT2D eigenvalue weighted by Crippen LogP contribution is -2.29. The molecule has 60 valence electrons. The monoisotopic (exact) mass is 152 g/mol. The average molecular weight is 152 g/mol. The van der Waals surface area contributed by atoms with E-state index in [4.69, 9.17) is 15.3 Å². The molecule has 5 heteroatoms. The largest absolute Gasteiger partial charge is 0.394 e. The quantitative estimate of drug-likeness (QED) is 0.423. The number of rotatable bonds is 1. The van der Waals surface area contributed by atoms with E-state index >= 15 is 0 Å². The summed E-state index contributed by atoms with van der Waals surface area (Å²) >= 11 is 0. The van der Waals surface area contributed by atoms with Crippen molar-refractivity contribution in [3.63, 3.8) is 0 Å². The number of aliphatic hydroxyl groups excluding tert-OH is 3. The summed E-state index contributed by atoms with van der Waals surface area (Å²) in [6.45, 7) is -0.532. The Morgan fingerprint density at radius 3 is 2.20 bits per heavy atom. The molecule has 4 atom stereocenters. The molecule has 1 aliphatic heterocycles. The summed E-state index contributed by atoms with van der Waals surface area (Å²) in [5, 5.41) is 25.7. The average Bonchev–Trinajstić information content (AvgIpc) is 2.17. The van der Waals surface area contributed by atoms with Gasteiger partial charge in [-0.05, 0) is 0 Å². The molecule has 1 saturated heterocycles. The van der Waals surface area contributed by atoms with Gasteiger partial charge in [-0.2, -0.15) is 0 Å². The van der Waals surface area contributed by atoms with Crippen molar-refractivity contribution in [1.29, 1.82) is 0 Å². The first-order chi connectivity index (χ1) is 4.66. The van der Waals surface area contributed by atoms with Crippen molar-refractivity contribution in [2.45, 2.75) is 24.7 Å². The predicted molar refractivity (Wildman–Crippen MR) is 28.9 cm³/mol. The van der Waals surface area contributed by atoms with Gasteiger partial charge in [-0.3, -0.25) is 0 Å². The van der Waals surface area contributed by atoms with Crippen LogP contribution >= 0.6 is 0 Å². The fourth-order valence-corrected chi connectivity index (χ4v) is 0.856. The molecule has 0 radical (unpaired) electrons. The summed E-state index contributed by atoms with van der Waals surface area (Å²) in [4.78, 5) is 0. The van der Waals surface area contributed by atoms with Gasteiger partial charge in [0, 0.05) is 0 Å². The molecule has 4 nitrogen and oxygen atoms in total. The summed E-state index contributed by atoms with van der Waals surface area (Å²) in [6.07, 6.45) is -5.82. The summed E-state index contributed by atoms with van der Waals surface area (Å²) in [6, 6.07) is 0. The number of hydrogen-bond donors (Lipinski definition) is 3. The summed E-state index contributed by atoms with van der Waals surface area (Å²) in [7, 11) is 0. The predicted octanol–water partition coefficient (Wildman–Crippen LogP) is -1.61. The molecule has 0 unspecified atom stereocenters. The van der Waals surface area contributed by atoms with Crippen LogP contribution in [0.15, 0.2) is 0 Å². The summed E-state index contributed by atoms with van der Waals surface area (Å²) in [5.74, 6) is 0. The lowest BCUT2D eigenvalue weighted by atomic mass is 10.2. The fraction of sp³-hybridized carbons (Fsp3) is 1.00. The Labute approximate surface area is 56.9 Å². The van der Waals surface area contributed by atoms with Crippen LogP contribution in [0, 0.1) is 0 Å². The Hall–Kier alpha value is -0.230. The van der Waals surface area contributed by atoms with Gasteiger partial charge in [0.15, 0.2) is 12.5 Å². The van der Waals surface area contributed by atoms with Gasteiger partial charge in [-0.1, -0.05) is 0 Å². The maximum atomic E-state index is 12.5. The minimum Gasteiger partial charge on any atom is -0.394 e. The molecular weight excluding hydrogens is 143 g/mol. The SMILES string of the molecule is OC[C@@H]1O[C@@H](O)[C@@H](O)[C@H]1F. The molecule has 10 heavy (non-hydrogen) atoms. The molecule has 0 amide bonds. The van der Waals surface area contributed by atoms with Gasteiger partial charge in [0.2, 0.25) is 0 Å². The van der Waals surface area contributed by atoms with E-state index in [1.807, 2.05) is 0 Å². The zero-order chi connectivity index (χ0) is 7.72. The van der Waals surface area contributed by atoms with E-state index in [1.54, 1.807) is 0 Å². The van der Waals surface area contributed by atoms with Crippen molar-refractivity contribution in [3.8, 4) is 0 Å². The Morgan fingerprint density at radius 1 is 1.40 bits per heavy atom. The lowest BCUT2D eigenvalue weighted by Gasteiger charge is -2.06. The van der Waals surface area contributed by atoms with Crippen LogP contribution in [-0.2, 0) is 4.74 Å². The number of halogens is 1. The van der Waals surface area contributed by atoms with Crippen LogP contribution in [0.5, 0.6) is 0 Å². The van der Waals surface area contributed by atoms with E-state index in [2.05, 4.69) is 4.74 Å². The molecule has 0 bridgehead atoms. The first-order valence-corrected chi connectivity index (χ1v) is 2.93. The van der Waals surface area contributed by atoms with Crippen LogP contribution in [0.4, 0.5) is 4.39 Å². The highest BCUT2D eigenvalue weighted by atomic mass is 19.1. The second-order valence-corrected chi connectivity index (χ2v) is 2.18. The van der Waals surface area contributed by atoms with Gasteiger partial charge in [0.1, 0.15) is 12.2 Å². The molecule has 3 N–H and O–H groups in total. The van der Waals surface area contributed by atoms with Crippen molar-refractivity contribution in [2.75, 3.05) is 6.61 Å². The standard InChI is InChI=1S/C5H9FO4/c6-3-2(1-7)10-5(9)4(3)8/h2-5,7-9H,1H2/t2-,3-,4-,5+/m0/s1. The molecule has 0 saturated carbocycles. The molecule has 1 fully saturated rings. The Bertz CT molecular complexity index is 120. The van der Waals surface area contributed by atoms with E-state index in [0.29, 0.717) is 0 Å². The second-order valence-electron chi connectivity index (χ2n) is 2.18. The van der Waals surface area contributed by atoms with Gasteiger partial charge < -0.3 is 20.1 Å². The highest BCUT2D eigenvalue weighted by Crippen LogP contribution is 2.21. The third-order valence-corrected chi connectivity index (χ3v) is 1.47. The molecule has 1 rings (SSSR count). The van der Waals surface area contributed by atoms with E-state index < -0.39 is 31.3 Å². The molecular formula is C5H9FO4. The normalized spacial score (nSPS) is 48.0. The second kappa shape index (κ2) is 2.79. The van der Waals surface area contributed by atoms with E-state index in [-0.39, 0.29) is 0 Å². The van der Waals surface area contributed by atoms with Crippen molar-refractivity contribution in [2.24, 2.45) is 0 Å². The number of ether oxygens (including phenoxy) is 1. The van der Waals surface area contributed by atoms with Crippen LogP contribution in [0.1, 0.15) is 0 Å². The molecule has 0 aromatic rings. The topological polar surface area (TPSA) is 69.9 Å². The van der Waals surface area contributed by atoms with Crippen molar-refractivity contribution >= 4 is 0 Å². The van der Waals surface area contributed by atoms with E-state index in [1.165, 1.54) is 0 Å². The zero-order valence-electron chi connectivity index (χ0n) is 5.14. The van der Waals surface area contributed by atoms with Crippen molar-refractivity contribution < 1.29 is 24.4 Å². The molecule has 0 aromatic carbocycles. The highest BCUT2D eigenvalue weighted by molar-refractivity contribution is 4.85. The number of aliphatic hydroxyl groups is 3. The highest BCUT2D eigenvalue weighted by Gasteiger charge is 2.42. The van der Waals surface area contributed by atoms with Crippen LogP contribution in [0.2, 0.25) is 0 Å². The molecule has 1 heterocycles. The minimum absolute atomic E-state index is 0.532. The van der Waals surface area contributed by atoms with Crippen molar-refractivity contribution in [3.05, 3.63) is 0 Å². The summed E-state index contributed by atoms with van der Waals surface area (Å²) < 4.78 is 17.0. The first kappa shape index (κ1) is 7.87. The maximum absolute atomic E-state index is 12.5. The van der Waals surface area contributed by atoms with E-state index in [0.717, 1.165) is 0 Å². The molecule has 0 spiro atoms. The van der Waals surface area contributed by atoms with Crippen molar-refractivity contribution in [1.82, 2.24) is 0 Å². The van der Waals surface area contributed by atoms with Gasteiger partial charge >= 0.3 is 0 Å². The Balaban J connectivity index is 2.53. The van der Waals surface area contributed by atoms with E-state index in [9.17, 15) is 4.39 Å². The maximum Gasteiger partial charge on any atom is 0.184 e. The van der Waals surface area contributed by atoms with Crippen LogP contribution in [0.25, 0.3) is 0 Å². The van der Waals surface area contributed by atoms with Gasteiger partial charge in [-0.15, -0.1) is 0 Å². The Kier molecular flexibility index (Phi) is 2.20. The third-order valence-electron chi connectivity index (χ3n) is 1.47.